The van der Waals surface area contributed by atoms with E-state index in [0.29, 0.717) is 0 Å². The summed E-state index contributed by atoms with van der Waals surface area (Å²) in [6, 6.07) is 43.8. The minimum atomic E-state index is -1.93. The average Bonchev–Trinajstić information content (AvgIpc) is 3.67. The van der Waals surface area contributed by atoms with Crippen molar-refractivity contribution in [3.8, 4) is 22.3 Å². The summed E-state index contributed by atoms with van der Waals surface area (Å²) in [7, 11) is -1.93. The van der Waals surface area contributed by atoms with Gasteiger partial charge in [0, 0.05) is 27.7 Å². The average molecular weight is 696 g/mol. The van der Waals surface area contributed by atoms with Crippen LogP contribution in [0.15, 0.2) is 120 Å². The van der Waals surface area contributed by atoms with Crippen LogP contribution in [0.3, 0.4) is 0 Å². The third kappa shape index (κ3) is 4.68. The minimum absolute atomic E-state index is 0.0157. The highest BCUT2D eigenvalue weighted by molar-refractivity contribution is 7.03. The number of furan rings is 1. The smallest absolute Gasteiger partial charge is 0.139 e. The highest BCUT2D eigenvalue weighted by Crippen LogP contribution is 2.52. The van der Waals surface area contributed by atoms with E-state index in [-0.39, 0.29) is 16.2 Å². The van der Waals surface area contributed by atoms with Crippen LogP contribution in [0.1, 0.15) is 77.6 Å². The van der Waals surface area contributed by atoms with Crippen molar-refractivity contribution in [3.63, 3.8) is 0 Å². The molecule has 0 saturated heterocycles. The summed E-state index contributed by atoms with van der Waals surface area (Å²) in [5.74, 6) is 0. The molecule has 0 spiro atoms. The second-order valence-electron chi connectivity index (χ2n) is 18.3. The molecular formula is C49H49NOSi. The quantitative estimate of drug-likeness (QED) is 0.171. The zero-order valence-corrected chi connectivity index (χ0v) is 33.3. The molecule has 0 atom stereocenters. The molecule has 0 N–H and O–H groups in total. The monoisotopic (exact) mass is 695 g/mol. The number of hydrogen-bond acceptors (Lipinski definition) is 2. The Morgan fingerprint density at radius 1 is 0.577 bits per heavy atom. The molecule has 52 heavy (non-hydrogen) atoms. The fourth-order valence-electron chi connectivity index (χ4n) is 9.18. The minimum Gasteiger partial charge on any atom is -0.456 e. The Kier molecular flexibility index (Phi) is 6.88. The van der Waals surface area contributed by atoms with E-state index in [2.05, 4.69) is 189 Å². The van der Waals surface area contributed by atoms with E-state index in [0.717, 1.165) is 22.2 Å². The number of fused-ring (bicyclic) bond motifs is 9. The van der Waals surface area contributed by atoms with Crippen LogP contribution in [-0.2, 0) is 16.2 Å². The molecule has 1 aromatic heterocycles. The SMILES string of the molecule is CC(C)(C)c1cc(C(C)(C)C)c2oc3cccc(N(c4ccc5c(c4)C(C)(C)c4ccccc4-5)c4ccc5c(c4)[Si](C)(C)c4ccccc4-5)c3c2c1. The predicted octanol–water partition coefficient (Wildman–Crippen LogP) is 12.8. The molecule has 2 nitrogen and oxygen atoms in total. The van der Waals surface area contributed by atoms with Crippen LogP contribution in [0.5, 0.6) is 0 Å². The molecule has 7 aromatic rings. The van der Waals surface area contributed by atoms with E-state index in [1.165, 1.54) is 71.6 Å². The van der Waals surface area contributed by atoms with Gasteiger partial charge in [0.15, 0.2) is 0 Å². The lowest BCUT2D eigenvalue weighted by Gasteiger charge is -2.30. The topological polar surface area (TPSA) is 16.4 Å². The Morgan fingerprint density at radius 3 is 1.94 bits per heavy atom. The van der Waals surface area contributed by atoms with Crippen molar-refractivity contribution >= 4 is 57.4 Å². The van der Waals surface area contributed by atoms with Crippen LogP contribution in [0.2, 0.25) is 13.1 Å². The fourth-order valence-corrected chi connectivity index (χ4v) is 12.3. The standard InChI is InChI=1S/C49H49NOSi/c1-47(2,3)30-26-37-45-41(19-15-20-42(45)51-46(37)40(27-30)48(4,5)6)50(31-22-24-34-33-16-11-13-18-38(33)49(7,8)39(34)28-31)32-23-25-36-35-17-12-14-21-43(35)52(9,10)44(36)29-32/h11-29H,1-10H3. The molecule has 260 valence electrons. The van der Waals surface area contributed by atoms with Gasteiger partial charge in [0.25, 0.3) is 0 Å². The first-order valence-electron chi connectivity index (χ1n) is 18.9. The van der Waals surface area contributed by atoms with Crippen molar-refractivity contribution in [2.45, 2.75) is 84.7 Å². The Bertz CT molecular complexity index is 2500. The van der Waals surface area contributed by atoms with E-state index in [4.69, 9.17) is 4.42 Å². The number of rotatable bonds is 3. The molecule has 0 amide bonds. The first-order valence-corrected chi connectivity index (χ1v) is 21.9. The van der Waals surface area contributed by atoms with E-state index >= 15 is 0 Å². The summed E-state index contributed by atoms with van der Waals surface area (Å²) < 4.78 is 6.92. The Morgan fingerprint density at radius 2 is 1.21 bits per heavy atom. The summed E-state index contributed by atoms with van der Waals surface area (Å²) in [6.45, 7) is 23.6. The summed E-state index contributed by atoms with van der Waals surface area (Å²) in [4.78, 5) is 2.52. The summed E-state index contributed by atoms with van der Waals surface area (Å²) in [5, 5.41) is 5.38. The third-order valence-corrected chi connectivity index (χ3v) is 15.7. The molecule has 0 bridgehead atoms. The second-order valence-corrected chi connectivity index (χ2v) is 22.6. The molecule has 2 heterocycles. The first-order chi connectivity index (χ1) is 24.6. The molecule has 0 unspecified atom stereocenters. The molecule has 1 aliphatic heterocycles. The van der Waals surface area contributed by atoms with Crippen LogP contribution in [-0.4, -0.2) is 8.07 Å². The first kappa shape index (κ1) is 33.0. The van der Waals surface area contributed by atoms with Gasteiger partial charge >= 0.3 is 0 Å². The van der Waals surface area contributed by atoms with Gasteiger partial charge in [-0.05, 0) is 103 Å². The highest BCUT2D eigenvalue weighted by atomic mass is 28.3. The van der Waals surface area contributed by atoms with Gasteiger partial charge in [0.2, 0.25) is 0 Å². The van der Waals surface area contributed by atoms with Gasteiger partial charge in [-0.25, -0.2) is 0 Å². The maximum atomic E-state index is 6.92. The van der Waals surface area contributed by atoms with Gasteiger partial charge in [-0.3, -0.25) is 0 Å². The van der Waals surface area contributed by atoms with Crippen LogP contribution in [0, 0.1) is 0 Å². The molecule has 0 radical (unpaired) electrons. The number of hydrogen-bond donors (Lipinski definition) is 0. The van der Waals surface area contributed by atoms with Crippen LogP contribution in [0.4, 0.5) is 17.1 Å². The summed E-state index contributed by atoms with van der Waals surface area (Å²) in [5.41, 5.74) is 16.0. The van der Waals surface area contributed by atoms with Gasteiger partial charge in [0.05, 0.1) is 11.1 Å². The molecule has 1 aliphatic carbocycles. The number of anilines is 3. The lowest BCUT2D eigenvalue weighted by atomic mass is 9.79. The van der Waals surface area contributed by atoms with Gasteiger partial charge in [-0.1, -0.05) is 141 Å². The van der Waals surface area contributed by atoms with E-state index < -0.39 is 8.07 Å². The molecule has 0 saturated carbocycles. The lowest BCUT2D eigenvalue weighted by molar-refractivity contribution is 0.559. The summed E-state index contributed by atoms with van der Waals surface area (Å²) >= 11 is 0. The van der Waals surface area contributed by atoms with Crippen molar-refractivity contribution in [2.75, 3.05) is 4.90 Å². The maximum absolute atomic E-state index is 6.92. The van der Waals surface area contributed by atoms with Crippen molar-refractivity contribution in [2.24, 2.45) is 0 Å². The zero-order valence-electron chi connectivity index (χ0n) is 32.3. The lowest BCUT2D eigenvalue weighted by Crippen LogP contribution is -2.49. The zero-order chi connectivity index (χ0) is 36.5. The van der Waals surface area contributed by atoms with Gasteiger partial charge in [-0.2, -0.15) is 0 Å². The molecule has 9 rings (SSSR count). The molecular weight excluding hydrogens is 647 g/mol. The molecule has 6 aromatic carbocycles. The number of benzene rings is 6. The largest absolute Gasteiger partial charge is 0.456 e. The van der Waals surface area contributed by atoms with E-state index in [1.807, 2.05) is 0 Å². The Labute approximate surface area is 310 Å². The highest BCUT2D eigenvalue weighted by Gasteiger charge is 2.39. The van der Waals surface area contributed by atoms with E-state index in [9.17, 15) is 0 Å². The van der Waals surface area contributed by atoms with Crippen molar-refractivity contribution < 1.29 is 4.42 Å². The fraction of sp³-hybridized carbons (Fsp3) is 0.265. The Balaban J connectivity index is 1.35. The van der Waals surface area contributed by atoms with Crippen molar-refractivity contribution in [1.29, 1.82) is 0 Å². The molecule has 0 fully saturated rings. The van der Waals surface area contributed by atoms with E-state index in [1.54, 1.807) is 0 Å². The van der Waals surface area contributed by atoms with Gasteiger partial charge in [-0.15, -0.1) is 0 Å². The maximum Gasteiger partial charge on any atom is 0.139 e. The van der Waals surface area contributed by atoms with Gasteiger partial charge < -0.3 is 9.32 Å². The van der Waals surface area contributed by atoms with Crippen LogP contribution >= 0.6 is 0 Å². The summed E-state index contributed by atoms with van der Waals surface area (Å²) in [6.07, 6.45) is 0. The predicted molar refractivity (Wildman–Crippen MR) is 226 cm³/mol. The molecule has 3 heteroatoms. The van der Waals surface area contributed by atoms with Crippen molar-refractivity contribution in [3.05, 3.63) is 138 Å². The van der Waals surface area contributed by atoms with Crippen LogP contribution in [0.25, 0.3) is 44.2 Å². The van der Waals surface area contributed by atoms with Gasteiger partial charge in [0.1, 0.15) is 19.2 Å². The number of nitrogens with zero attached hydrogens (tertiary/aromatic N) is 1. The van der Waals surface area contributed by atoms with Crippen LogP contribution < -0.4 is 15.3 Å². The third-order valence-electron chi connectivity index (χ3n) is 12.1. The Hall–Kier alpha value is -4.86. The van der Waals surface area contributed by atoms with Crippen molar-refractivity contribution in [1.82, 2.24) is 0 Å². The second kappa shape index (κ2) is 10.8. The normalized spacial score (nSPS) is 15.4. The molecule has 2 aliphatic rings.